The standard InChI is InChI=1S/C6H10O/c7-6-4-2-1-3-5-6/h2,7H,1,3-5H2. The molecule has 0 atom stereocenters. The van der Waals surface area contributed by atoms with Gasteiger partial charge in [-0.05, 0) is 25.7 Å². The molecule has 1 N–H and O–H groups in total. The van der Waals surface area contributed by atoms with Gasteiger partial charge >= 0.3 is 0 Å². The van der Waals surface area contributed by atoms with Crippen molar-refractivity contribution < 1.29 is 5.11 Å². The van der Waals surface area contributed by atoms with Gasteiger partial charge in [-0.3, -0.25) is 0 Å². The Balaban J connectivity index is 2.12. The zero-order valence-electron chi connectivity index (χ0n) is 4.35. The Morgan fingerprint density at radius 2 is 2.43 bits per heavy atom. The van der Waals surface area contributed by atoms with Gasteiger partial charge in [-0.15, -0.1) is 0 Å². The summed E-state index contributed by atoms with van der Waals surface area (Å²) in [5, 5.41) is 8.79. The lowest BCUT2D eigenvalue weighted by molar-refractivity contribution is 0.259. The molecular formula is C6H10O. The average molecular weight is 98.1 g/mol. The van der Waals surface area contributed by atoms with Crippen molar-refractivity contribution in [3.05, 3.63) is 12.5 Å². The Kier molecular flexibility index (Phi) is 1.69. The van der Waals surface area contributed by atoms with Crippen molar-refractivity contribution in [1.82, 2.24) is 0 Å². The summed E-state index contributed by atoms with van der Waals surface area (Å²) in [6, 6.07) is 0. The predicted molar refractivity (Wildman–Crippen MR) is 27.9 cm³/mol. The number of rotatable bonds is 0. The number of aliphatic hydroxyl groups is 1. The lowest BCUT2D eigenvalue weighted by Gasteiger charge is -2.13. The maximum atomic E-state index is 8.79. The summed E-state index contributed by atoms with van der Waals surface area (Å²) >= 11 is 0. The third-order valence-electron chi connectivity index (χ3n) is 1.25. The highest BCUT2D eigenvalue weighted by Gasteiger charge is 2.09. The number of hydrogen-bond donors (Lipinski definition) is 1. The summed E-state index contributed by atoms with van der Waals surface area (Å²) in [5.41, 5.74) is 0. The van der Waals surface area contributed by atoms with E-state index in [1.807, 2.05) is 0 Å². The van der Waals surface area contributed by atoms with Crippen LogP contribution in [0.5, 0.6) is 0 Å². The van der Waals surface area contributed by atoms with Gasteiger partial charge < -0.3 is 5.11 Å². The van der Waals surface area contributed by atoms with Gasteiger partial charge in [0.2, 0.25) is 0 Å². The third kappa shape index (κ3) is 1.48. The molecule has 1 heteroatoms. The maximum absolute atomic E-state index is 8.79. The highest BCUT2D eigenvalue weighted by atomic mass is 16.3. The fraction of sp³-hybridized carbons (Fsp3) is 0.667. The second-order valence-electron chi connectivity index (χ2n) is 1.95. The second-order valence-corrected chi connectivity index (χ2v) is 1.95. The fourth-order valence-electron chi connectivity index (χ4n) is 0.821. The molecule has 0 spiro atoms. The predicted octanol–water partition coefficient (Wildman–Crippen LogP) is 1.67. The Hall–Kier alpha value is -0.0400. The molecule has 1 nitrogen and oxygen atoms in total. The van der Waals surface area contributed by atoms with E-state index in [0.29, 0.717) is 6.10 Å². The molecule has 2 radical (unpaired) electrons. The summed E-state index contributed by atoms with van der Waals surface area (Å²) in [4.78, 5) is 0. The van der Waals surface area contributed by atoms with Gasteiger partial charge in [0.25, 0.3) is 0 Å². The molecular weight excluding hydrogens is 88.1 g/mol. The van der Waals surface area contributed by atoms with Crippen molar-refractivity contribution in [1.29, 1.82) is 0 Å². The van der Waals surface area contributed by atoms with E-state index in [-0.39, 0.29) is 0 Å². The average Bonchev–Trinajstić information content (AvgIpc) is 1.69. The van der Waals surface area contributed by atoms with Crippen LogP contribution in [0, 0.1) is 12.5 Å². The molecule has 1 aliphatic rings. The van der Waals surface area contributed by atoms with Gasteiger partial charge in [-0.1, -0.05) is 6.42 Å². The molecule has 0 aromatic heterocycles. The zero-order valence-corrected chi connectivity index (χ0v) is 4.35. The molecule has 7 heavy (non-hydrogen) atoms. The van der Waals surface area contributed by atoms with Crippen LogP contribution in [-0.4, -0.2) is 5.11 Å². The van der Waals surface area contributed by atoms with Crippen LogP contribution in [0.2, 0.25) is 0 Å². The van der Waals surface area contributed by atoms with Crippen LogP contribution in [0.3, 0.4) is 0 Å². The normalized spacial score (nSPS) is 25.3. The summed E-state index contributed by atoms with van der Waals surface area (Å²) in [6.45, 7) is 0. The molecule has 0 saturated heterocycles. The second kappa shape index (κ2) is 2.31. The smallest absolute Gasteiger partial charge is 0.0936 e. The van der Waals surface area contributed by atoms with E-state index < -0.39 is 0 Å². The number of aliphatic hydroxyl groups excluding tert-OH is 1. The molecule has 1 aliphatic carbocycles. The first kappa shape index (κ1) is 5.10. The van der Waals surface area contributed by atoms with E-state index in [9.17, 15) is 0 Å². The van der Waals surface area contributed by atoms with Gasteiger partial charge in [-0.25, -0.2) is 0 Å². The topological polar surface area (TPSA) is 20.2 Å². The van der Waals surface area contributed by atoms with E-state index in [4.69, 9.17) is 5.11 Å². The summed E-state index contributed by atoms with van der Waals surface area (Å²) < 4.78 is 0. The molecule has 0 bridgehead atoms. The molecule has 1 rings (SSSR count). The zero-order chi connectivity index (χ0) is 5.11. The maximum Gasteiger partial charge on any atom is 0.0936 e. The van der Waals surface area contributed by atoms with Crippen molar-refractivity contribution in [3.63, 3.8) is 0 Å². The van der Waals surface area contributed by atoms with Gasteiger partial charge in [0.15, 0.2) is 0 Å². The van der Waals surface area contributed by atoms with Crippen molar-refractivity contribution in [3.8, 4) is 0 Å². The van der Waals surface area contributed by atoms with Crippen LogP contribution in [0.1, 0.15) is 25.7 Å². The lowest BCUT2D eigenvalue weighted by atomic mass is 9.98. The highest BCUT2D eigenvalue weighted by molar-refractivity contribution is 4.88. The molecule has 40 valence electrons. The minimum atomic E-state index is 0.659. The Labute approximate surface area is 44.4 Å². The van der Waals surface area contributed by atoms with Crippen LogP contribution in [0.25, 0.3) is 0 Å². The van der Waals surface area contributed by atoms with E-state index in [2.05, 4.69) is 6.42 Å². The van der Waals surface area contributed by atoms with E-state index >= 15 is 0 Å². The first-order valence-electron chi connectivity index (χ1n) is 2.75. The lowest BCUT2D eigenvalue weighted by Crippen LogP contribution is -2.01. The van der Waals surface area contributed by atoms with E-state index in [1.54, 1.807) is 0 Å². The molecule has 0 amide bonds. The first-order chi connectivity index (χ1) is 3.39. The monoisotopic (exact) mass is 98.1 g/mol. The van der Waals surface area contributed by atoms with Gasteiger partial charge in [-0.2, -0.15) is 0 Å². The largest absolute Gasteiger partial charge is 0.387 e. The SMILES string of the molecule is O[C]1C[CH]CCC1. The molecule has 0 aromatic carbocycles. The molecule has 1 fully saturated rings. The van der Waals surface area contributed by atoms with Crippen molar-refractivity contribution in [2.75, 3.05) is 0 Å². The summed E-state index contributed by atoms with van der Waals surface area (Å²) in [6.07, 6.45) is 6.87. The number of hydrogen-bond acceptors (Lipinski definition) is 1. The molecule has 0 heterocycles. The summed E-state index contributed by atoms with van der Waals surface area (Å²) in [5.74, 6) is 0. The van der Waals surface area contributed by atoms with Gasteiger partial charge in [0, 0.05) is 0 Å². The van der Waals surface area contributed by atoms with Crippen LogP contribution in [0.4, 0.5) is 0 Å². The fourth-order valence-corrected chi connectivity index (χ4v) is 0.821. The van der Waals surface area contributed by atoms with Crippen LogP contribution < -0.4 is 0 Å². The quantitative estimate of drug-likeness (QED) is 0.488. The van der Waals surface area contributed by atoms with Crippen molar-refractivity contribution >= 4 is 0 Å². The Bertz CT molecular complexity index is 46.1. The van der Waals surface area contributed by atoms with Crippen molar-refractivity contribution in [2.24, 2.45) is 0 Å². The van der Waals surface area contributed by atoms with E-state index in [1.165, 1.54) is 6.42 Å². The highest BCUT2D eigenvalue weighted by Crippen LogP contribution is 2.21. The Morgan fingerprint density at radius 1 is 1.57 bits per heavy atom. The van der Waals surface area contributed by atoms with Crippen LogP contribution in [0.15, 0.2) is 0 Å². The summed E-state index contributed by atoms with van der Waals surface area (Å²) in [7, 11) is 0. The minimum absolute atomic E-state index is 0.659. The van der Waals surface area contributed by atoms with Crippen LogP contribution in [-0.2, 0) is 0 Å². The van der Waals surface area contributed by atoms with Crippen LogP contribution >= 0.6 is 0 Å². The van der Waals surface area contributed by atoms with E-state index in [0.717, 1.165) is 19.3 Å². The van der Waals surface area contributed by atoms with Gasteiger partial charge in [0.05, 0.1) is 6.10 Å². The van der Waals surface area contributed by atoms with Crippen molar-refractivity contribution in [2.45, 2.75) is 25.7 Å². The molecule has 0 aromatic rings. The first-order valence-corrected chi connectivity index (χ1v) is 2.75. The Morgan fingerprint density at radius 3 is 2.71 bits per heavy atom. The molecule has 1 saturated carbocycles. The molecule has 0 unspecified atom stereocenters. The minimum Gasteiger partial charge on any atom is -0.387 e. The molecule has 0 aliphatic heterocycles. The van der Waals surface area contributed by atoms with Gasteiger partial charge in [0.1, 0.15) is 0 Å². The third-order valence-corrected chi connectivity index (χ3v) is 1.25.